The molecule has 0 amide bonds. The Labute approximate surface area is 87.4 Å². The Bertz CT molecular complexity index is 520. The molecule has 0 aromatic heterocycles. The molecule has 6 heteroatoms. The van der Waals surface area contributed by atoms with Gasteiger partial charge >= 0.3 is 0 Å². The van der Waals surface area contributed by atoms with E-state index in [0.29, 0.717) is 0 Å². The van der Waals surface area contributed by atoms with Gasteiger partial charge in [0.05, 0.1) is 5.69 Å². The van der Waals surface area contributed by atoms with Crippen molar-refractivity contribution in [3.8, 4) is 0 Å². The monoisotopic (exact) mass is 226 g/mol. The fraction of sp³-hybridized carbons (Fsp3) is 0. The van der Waals surface area contributed by atoms with Crippen LogP contribution in [0.1, 0.15) is 10.4 Å². The van der Waals surface area contributed by atoms with E-state index < -0.39 is 15.8 Å². The molecule has 0 bridgehead atoms. The maximum Gasteiger partial charge on any atom is 0.240 e. The average molecular weight is 226 g/mol. The molecule has 0 aliphatic rings. The highest BCUT2D eigenvalue weighted by molar-refractivity contribution is 7.89. The molecule has 0 fully saturated rings. The molecule has 15 heavy (non-hydrogen) atoms. The molecule has 0 atom stereocenters. The van der Waals surface area contributed by atoms with Crippen LogP contribution in [-0.2, 0) is 10.0 Å². The molecule has 0 aliphatic carbocycles. The first-order valence-corrected chi connectivity index (χ1v) is 5.50. The maximum atomic E-state index is 11.3. The van der Waals surface area contributed by atoms with E-state index in [0.717, 1.165) is 6.08 Å². The third kappa shape index (κ3) is 2.23. The van der Waals surface area contributed by atoms with Crippen molar-refractivity contribution in [1.82, 2.24) is 0 Å². The molecule has 0 unspecified atom stereocenters. The van der Waals surface area contributed by atoms with E-state index in [1.165, 1.54) is 18.2 Å². The molecule has 1 aromatic carbocycles. The van der Waals surface area contributed by atoms with Crippen LogP contribution in [-0.4, -0.2) is 14.2 Å². The number of para-hydroxylation sites is 1. The normalized spacial score (nSPS) is 11.0. The van der Waals surface area contributed by atoms with Crippen molar-refractivity contribution in [2.75, 3.05) is 5.73 Å². The fourth-order valence-electron chi connectivity index (χ4n) is 1.12. The SMILES string of the molecule is C=CC(=O)c1cccc(S(N)(=O)=O)c1N. The van der Waals surface area contributed by atoms with E-state index in [2.05, 4.69) is 6.58 Å². The van der Waals surface area contributed by atoms with Gasteiger partial charge in [-0.3, -0.25) is 4.79 Å². The van der Waals surface area contributed by atoms with Crippen molar-refractivity contribution in [1.29, 1.82) is 0 Å². The molecule has 0 aliphatic heterocycles. The number of nitrogens with two attached hydrogens (primary N) is 2. The number of sulfonamides is 1. The Balaban J connectivity index is 3.49. The molecule has 0 saturated heterocycles. The highest BCUT2D eigenvalue weighted by atomic mass is 32.2. The highest BCUT2D eigenvalue weighted by Crippen LogP contribution is 2.21. The first-order chi connectivity index (χ1) is 6.88. The summed E-state index contributed by atoms with van der Waals surface area (Å²) < 4.78 is 22.2. The van der Waals surface area contributed by atoms with Gasteiger partial charge < -0.3 is 5.73 Å². The Morgan fingerprint density at radius 1 is 1.40 bits per heavy atom. The van der Waals surface area contributed by atoms with Crippen molar-refractivity contribution >= 4 is 21.5 Å². The Kier molecular flexibility index (Phi) is 2.92. The first kappa shape index (κ1) is 11.4. The van der Waals surface area contributed by atoms with Crippen LogP contribution < -0.4 is 10.9 Å². The number of rotatable bonds is 3. The standard InChI is InChI=1S/C9H10N2O3S/c1-2-7(12)6-4-3-5-8(9(6)10)15(11,13)14/h2-5H,1,10H2,(H2,11,13,14). The lowest BCUT2D eigenvalue weighted by Gasteiger charge is -2.06. The zero-order valence-electron chi connectivity index (χ0n) is 7.80. The summed E-state index contributed by atoms with van der Waals surface area (Å²) in [7, 11) is -3.91. The summed E-state index contributed by atoms with van der Waals surface area (Å²) in [5, 5.41) is 4.92. The number of anilines is 1. The van der Waals surface area contributed by atoms with E-state index in [1.807, 2.05) is 0 Å². The Morgan fingerprint density at radius 2 is 2.00 bits per heavy atom. The quantitative estimate of drug-likeness (QED) is 0.439. The molecule has 5 nitrogen and oxygen atoms in total. The van der Waals surface area contributed by atoms with Gasteiger partial charge in [0.15, 0.2) is 5.78 Å². The minimum absolute atomic E-state index is 0.0801. The number of carbonyl (C=O) groups is 1. The van der Waals surface area contributed by atoms with Crippen molar-refractivity contribution in [2.45, 2.75) is 4.90 Å². The highest BCUT2D eigenvalue weighted by Gasteiger charge is 2.16. The van der Waals surface area contributed by atoms with Crippen molar-refractivity contribution in [3.05, 3.63) is 36.4 Å². The number of benzene rings is 1. The second-order valence-electron chi connectivity index (χ2n) is 2.83. The van der Waals surface area contributed by atoms with E-state index in [4.69, 9.17) is 10.9 Å². The van der Waals surface area contributed by atoms with Gasteiger partial charge in [-0.05, 0) is 18.2 Å². The number of nitrogen functional groups attached to an aromatic ring is 1. The lowest BCUT2D eigenvalue weighted by atomic mass is 10.1. The van der Waals surface area contributed by atoms with Crippen molar-refractivity contribution in [3.63, 3.8) is 0 Å². The molecule has 0 spiro atoms. The molecule has 80 valence electrons. The van der Waals surface area contributed by atoms with E-state index in [1.54, 1.807) is 0 Å². The zero-order chi connectivity index (χ0) is 11.6. The van der Waals surface area contributed by atoms with E-state index in [-0.39, 0.29) is 16.1 Å². The number of allylic oxidation sites excluding steroid dienone is 1. The van der Waals surface area contributed by atoms with Gasteiger partial charge in [0.25, 0.3) is 0 Å². The molecular formula is C9H10N2O3S. The van der Waals surface area contributed by atoms with Gasteiger partial charge in [0.1, 0.15) is 4.90 Å². The molecular weight excluding hydrogens is 216 g/mol. The minimum atomic E-state index is -3.91. The average Bonchev–Trinajstić information content (AvgIpc) is 2.15. The van der Waals surface area contributed by atoms with Gasteiger partial charge in [-0.25, -0.2) is 13.6 Å². The third-order valence-electron chi connectivity index (χ3n) is 1.82. The van der Waals surface area contributed by atoms with E-state index in [9.17, 15) is 13.2 Å². The van der Waals surface area contributed by atoms with Gasteiger partial charge in [0, 0.05) is 5.56 Å². The maximum absolute atomic E-state index is 11.3. The summed E-state index contributed by atoms with van der Waals surface area (Å²) in [5.41, 5.74) is 5.45. The minimum Gasteiger partial charge on any atom is -0.397 e. The number of carbonyl (C=O) groups excluding carboxylic acids is 1. The second-order valence-corrected chi connectivity index (χ2v) is 4.36. The van der Waals surface area contributed by atoms with E-state index >= 15 is 0 Å². The summed E-state index contributed by atoms with van der Waals surface area (Å²) in [4.78, 5) is 11.0. The van der Waals surface area contributed by atoms with Gasteiger partial charge in [-0.1, -0.05) is 12.6 Å². The largest absolute Gasteiger partial charge is 0.397 e. The van der Waals surface area contributed by atoms with Crippen molar-refractivity contribution < 1.29 is 13.2 Å². The van der Waals surface area contributed by atoms with Crippen LogP contribution in [0.5, 0.6) is 0 Å². The van der Waals surface area contributed by atoms with Crippen LogP contribution in [0, 0.1) is 0 Å². The smallest absolute Gasteiger partial charge is 0.240 e. The van der Waals surface area contributed by atoms with Crippen LogP contribution in [0.3, 0.4) is 0 Å². The molecule has 0 saturated carbocycles. The number of hydrogen-bond acceptors (Lipinski definition) is 4. The fourth-order valence-corrected chi connectivity index (χ4v) is 1.80. The second kappa shape index (κ2) is 3.84. The van der Waals surface area contributed by atoms with Crippen LogP contribution in [0.4, 0.5) is 5.69 Å². The Hall–Kier alpha value is -1.66. The summed E-state index contributed by atoms with van der Waals surface area (Å²) in [6.07, 6.45) is 1.05. The molecule has 0 heterocycles. The van der Waals surface area contributed by atoms with Crippen LogP contribution in [0.15, 0.2) is 35.7 Å². The van der Waals surface area contributed by atoms with Gasteiger partial charge in [-0.15, -0.1) is 0 Å². The number of hydrogen-bond donors (Lipinski definition) is 2. The van der Waals surface area contributed by atoms with Gasteiger partial charge in [0.2, 0.25) is 10.0 Å². The molecule has 1 aromatic rings. The van der Waals surface area contributed by atoms with Crippen LogP contribution >= 0.6 is 0 Å². The van der Waals surface area contributed by atoms with Crippen molar-refractivity contribution in [2.24, 2.45) is 5.14 Å². The van der Waals surface area contributed by atoms with Crippen LogP contribution in [0.2, 0.25) is 0 Å². The first-order valence-electron chi connectivity index (χ1n) is 3.96. The third-order valence-corrected chi connectivity index (χ3v) is 2.79. The summed E-state index contributed by atoms with van der Waals surface area (Å²) in [6, 6.07) is 4.05. The predicted octanol–water partition coefficient (Wildman–Crippen LogP) is 0.285. The van der Waals surface area contributed by atoms with Crippen LogP contribution in [0.25, 0.3) is 0 Å². The topological polar surface area (TPSA) is 103 Å². The molecule has 0 radical (unpaired) electrons. The Morgan fingerprint density at radius 3 is 2.47 bits per heavy atom. The predicted molar refractivity (Wildman–Crippen MR) is 56.8 cm³/mol. The summed E-state index contributed by atoms with van der Waals surface area (Å²) in [6.45, 7) is 3.28. The molecule has 1 rings (SSSR count). The summed E-state index contributed by atoms with van der Waals surface area (Å²) >= 11 is 0. The zero-order valence-corrected chi connectivity index (χ0v) is 8.62. The lowest BCUT2D eigenvalue weighted by Crippen LogP contribution is -2.16. The number of primary sulfonamides is 1. The molecule has 4 N–H and O–H groups in total. The number of ketones is 1. The van der Waals surface area contributed by atoms with Gasteiger partial charge in [-0.2, -0.15) is 0 Å². The summed E-state index contributed by atoms with van der Waals surface area (Å²) in [5.74, 6) is -0.446. The lowest BCUT2D eigenvalue weighted by molar-refractivity contribution is 0.104.